The van der Waals surface area contributed by atoms with E-state index in [0.717, 1.165) is 31.1 Å². The van der Waals surface area contributed by atoms with Crippen LogP contribution in [0.25, 0.3) is 0 Å². The van der Waals surface area contributed by atoms with Gasteiger partial charge in [-0.2, -0.15) is 0 Å². The molecule has 2 fully saturated rings. The predicted octanol–water partition coefficient (Wildman–Crippen LogP) is 1.07. The van der Waals surface area contributed by atoms with Crippen LogP contribution in [0, 0.1) is 5.92 Å². The molecule has 2 heterocycles. The number of ether oxygens (including phenoxy) is 2. The number of hydrogen-bond acceptors (Lipinski definition) is 4. The first-order valence-electron chi connectivity index (χ1n) is 6.72. The van der Waals surface area contributed by atoms with Gasteiger partial charge in [-0.3, -0.25) is 0 Å². The highest BCUT2D eigenvalue weighted by molar-refractivity contribution is 4.93. The average Bonchev–Trinajstić information content (AvgIpc) is 2.56. The molecule has 0 aliphatic carbocycles. The van der Waals surface area contributed by atoms with Crippen LogP contribution >= 0.6 is 0 Å². The Morgan fingerprint density at radius 1 is 1.18 bits per heavy atom. The molecule has 2 aliphatic heterocycles. The number of nitrogens with one attached hydrogen (secondary N) is 1. The van der Waals surface area contributed by atoms with Gasteiger partial charge in [0, 0.05) is 32.8 Å². The van der Waals surface area contributed by atoms with Crippen LogP contribution in [0.1, 0.15) is 25.7 Å². The van der Waals surface area contributed by atoms with E-state index in [4.69, 9.17) is 9.47 Å². The fourth-order valence-corrected chi connectivity index (χ4v) is 3.36. The fourth-order valence-electron chi connectivity index (χ4n) is 3.36. The molecular formula is C13H26N2O2. The summed E-state index contributed by atoms with van der Waals surface area (Å²) in [7, 11) is 5.66. The van der Waals surface area contributed by atoms with E-state index in [2.05, 4.69) is 17.3 Å². The van der Waals surface area contributed by atoms with E-state index in [1.54, 1.807) is 14.2 Å². The van der Waals surface area contributed by atoms with Crippen LogP contribution in [0.3, 0.4) is 0 Å². The van der Waals surface area contributed by atoms with Crippen molar-refractivity contribution in [3.8, 4) is 0 Å². The lowest BCUT2D eigenvalue weighted by atomic mass is 9.91. The van der Waals surface area contributed by atoms with Crippen LogP contribution in [0.2, 0.25) is 0 Å². The largest absolute Gasteiger partial charge is 0.355 e. The Morgan fingerprint density at radius 2 is 1.76 bits per heavy atom. The Hall–Kier alpha value is -0.160. The van der Waals surface area contributed by atoms with Gasteiger partial charge in [0.1, 0.15) is 0 Å². The minimum Gasteiger partial charge on any atom is -0.355 e. The molecule has 2 saturated heterocycles. The quantitative estimate of drug-likeness (QED) is 0.706. The zero-order valence-corrected chi connectivity index (χ0v) is 11.3. The van der Waals surface area contributed by atoms with E-state index in [9.17, 15) is 0 Å². The summed E-state index contributed by atoms with van der Waals surface area (Å²) < 4.78 is 10.3. The topological polar surface area (TPSA) is 33.7 Å². The maximum Gasteiger partial charge on any atom is 0.169 e. The highest BCUT2D eigenvalue weighted by Gasteiger charge is 2.37. The minimum absolute atomic E-state index is 0.113. The molecule has 0 saturated carbocycles. The second-order valence-electron chi connectivity index (χ2n) is 5.45. The summed E-state index contributed by atoms with van der Waals surface area (Å²) in [5.74, 6) is 0.832. The SMILES string of the molecule is COC(CNCC1CC2CCC(C1)N2C)OC. The third-order valence-electron chi connectivity index (χ3n) is 4.47. The summed E-state index contributed by atoms with van der Waals surface area (Å²) in [6.45, 7) is 1.89. The lowest BCUT2D eigenvalue weighted by molar-refractivity contribution is -0.0991. The second kappa shape index (κ2) is 6.14. The number of piperidine rings is 1. The monoisotopic (exact) mass is 242 g/mol. The maximum atomic E-state index is 5.17. The van der Waals surface area contributed by atoms with Gasteiger partial charge in [0.25, 0.3) is 0 Å². The average molecular weight is 242 g/mol. The Balaban J connectivity index is 1.67. The number of nitrogens with zero attached hydrogens (tertiary/aromatic N) is 1. The molecule has 0 radical (unpaired) electrons. The lowest BCUT2D eigenvalue weighted by Gasteiger charge is -2.36. The van der Waals surface area contributed by atoms with Crippen LogP contribution < -0.4 is 5.32 Å². The van der Waals surface area contributed by atoms with Crippen molar-refractivity contribution in [1.29, 1.82) is 0 Å². The normalized spacial score (nSPS) is 33.5. The first-order valence-corrected chi connectivity index (χ1v) is 6.72. The van der Waals surface area contributed by atoms with Crippen molar-refractivity contribution in [2.24, 2.45) is 5.92 Å². The van der Waals surface area contributed by atoms with E-state index in [-0.39, 0.29) is 6.29 Å². The molecule has 0 aromatic carbocycles. The van der Waals surface area contributed by atoms with E-state index >= 15 is 0 Å². The molecule has 100 valence electrons. The number of fused-ring (bicyclic) bond motifs is 2. The van der Waals surface area contributed by atoms with Gasteiger partial charge in [-0.25, -0.2) is 0 Å². The van der Waals surface area contributed by atoms with Crippen LogP contribution in [-0.4, -0.2) is 57.6 Å². The first-order chi connectivity index (χ1) is 8.24. The molecule has 4 heteroatoms. The molecule has 4 nitrogen and oxygen atoms in total. The second-order valence-corrected chi connectivity index (χ2v) is 5.45. The molecule has 2 bridgehead atoms. The first kappa shape index (κ1) is 13.3. The van der Waals surface area contributed by atoms with Crippen LogP contribution in [0.5, 0.6) is 0 Å². The Bertz CT molecular complexity index is 219. The lowest BCUT2D eigenvalue weighted by Crippen LogP contribution is -2.43. The molecular weight excluding hydrogens is 216 g/mol. The van der Waals surface area contributed by atoms with E-state index in [0.29, 0.717) is 0 Å². The summed E-state index contributed by atoms with van der Waals surface area (Å²) in [5, 5.41) is 3.47. The Labute approximate surface area is 105 Å². The molecule has 0 aromatic rings. The molecule has 2 aliphatic rings. The number of methoxy groups -OCH3 is 2. The van der Waals surface area contributed by atoms with Crippen molar-refractivity contribution in [2.75, 3.05) is 34.4 Å². The molecule has 2 atom stereocenters. The van der Waals surface area contributed by atoms with Gasteiger partial charge in [0.05, 0.1) is 0 Å². The Kier molecular flexibility index (Phi) is 4.79. The third-order valence-corrected chi connectivity index (χ3v) is 4.47. The molecule has 0 spiro atoms. The number of hydrogen-bond donors (Lipinski definition) is 1. The van der Waals surface area contributed by atoms with Crippen LogP contribution in [0.4, 0.5) is 0 Å². The van der Waals surface area contributed by atoms with E-state index < -0.39 is 0 Å². The zero-order valence-electron chi connectivity index (χ0n) is 11.3. The third kappa shape index (κ3) is 3.19. The molecule has 17 heavy (non-hydrogen) atoms. The van der Waals surface area contributed by atoms with Gasteiger partial charge in [-0.1, -0.05) is 0 Å². The van der Waals surface area contributed by atoms with Gasteiger partial charge in [0.2, 0.25) is 0 Å². The van der Waals surface area contributed by atoms with Gasteiger partial charge in [-0.05, 0) is 45.2 Å². The van der Waals surface area contributed by atoms with Gasteiger partial charge < -0.3 is 19.7 Å². The van der Waals surface area contributed by atoms with Gasteiger partial charge >= 0.3 is 0 Å². The highest BCUT2D eigenvalue weighted by atomic mass is 16.7. The summed E-state index contributed by atoms with van der Waals surface area (Å²) >= 11 is 0. The summed E-state index contributed by atoms with van der Waals surface area (Å²) in [6.07, 6.45) is 5.39. The van der Waals surface area contributed by atoms with Crippen molar-refractivity contribution in [3.63, 3.8) is 0 Å². The predicted molar refractivity (Wildman–Crippen MR) is 68.0 cm³/mol. The highest BCUT2D eigenvalue weighted by Crippen LogP contribution is 2.36. The minimum atomic E-state index is -0.113. The van der Waals surface area contributed by atoms with Crippen molar-refractivity contribution in [2.45, 2.75) is 44.1 Å². The molecule has 1 N–H and O–H groups in total. The van der Waals surface area contributed by atoms with Crippen molar-refractivity contribution >= 4 is 0 Å². The fraction of sp³-hybridized carbons (Fsp3) is 1.00. The standard InChI is InChI=1S/C13H26N2O2/c1-15-11-4-5-12(15)7-10(6-11)8-14-9-13(16-2)17-3/h10-14H,4-9H2,1-3H3. The Morgan fingerprint density at radius 3 is 2.29 bits per heavy atom. The van der Waals surface area contributed by atoms with Crippen molar-refractivity contribution in [1.82, 2.24) is 10.2 Å². The van der Waals surface area contributed by atoms with Crippen LogP contribution in [-0.2, 0) is 9.47 Å². The molecule has 0 amide bonds. The summed E-state index contributed by atoms with van der Waals surface area (Å²) in [6, 6.07) is 1.67. The van der Waals surface area contributed by atoms with E-state index in [1.165, 1.54) is 25.7 Å². The van der Waals surface area contributed by atoms with Crippen LogP contribution in [0.15, 0.2) is 0 Å². The smallest absolute Gasteiger partial charge is 0.169 e. The van der Waals surface area contributed by atoms with Gasteiger partial charge in [0.15, 0.2) is 6.29 Å². The molecule has 2 rings (SSSR count). The number of rotatable bonds is 6. The molecule has 2 unspecified atom stereocenters. The maximum absolute atomic E-state index is 5.17. The van der Waals surface area contributed by atoms with Crippen molar-refractivity contribution < 1.29 is 9.47 Å². The van der Waals surface area contributed by atoms with Gasteiger partial charge in [-0.15, -0.1) is 0 Å². The molecule has 0 aromatic heterocycles. The summed E-state index contributed by atoms with van der Waals surface area (Å²) in [4.78, 5) is 2.59. The van der Waals surface area contributed by atoms with Crippen molar-refractivity contribution in [3.05, 3.63) is 0 Å². The zero-order chi connectivity index (χ0) is 12.3. The van der Waals surface area contributed by atoms with E-state index in [1.807, 2.05) is 0 Å². The summed E-state index contributed by atoms with van der Waals surface area (Å²) in [5.41, 5.74) is 0.